The Morgan fingerprint density at radius 1 is 1.50 bits per heavy atom. The molecule has 20 heavy (non-hydrogen) atoms. The van der Waals surface area contributed by atoms with E-state index in [1.54, 1.807) is 17.8 Å². The standard InChI is InChI=1S/C13H15N5O2/c1-16-9-15-12(18(19)20)13(16)17-7-3-5-11(17)10-4-2-6-14-8-10/h2,4,6,8-9,11H,3,5,7H2,1H3. The van der Waals surface area contributed by atoms with Gasteiger partial charge in [0.15, 0.2) is 0 Å². The number of aryl methyl sites for hydroxylation is 1. The van der Waals surface area contributed by atoms with Crippen molar-refractivity contribution in [2.24, 2.45) is 7.05 Å². The van der Waals surface area contributed by atoms with Gasteiger partial charge in [-0.2, -0.15) is 0 Å². The molecule has 1 atom stereocenters. The molecule has 0 amide bonds. The van der Waals surface area contributed by atoms with E-state index in [1.807, 2.05) is 18.3 Å². The fourth-order valence-corrected chi connectivity index (χ4v) is 2.81. The number of hydrogen-bond donors (Lipinski definition) is 0. The Labute approximate surface area is 116 Å². The molecule has 1 fully saturated rings. The average Bonchev–Trinajstić information content (AvgIpc) is 3.05. The van der Waals surface area contributed by atoms with Gasteiger partial charge in [0, 0.05) is 26.0 Å². The fourth-order valence-electron chi connectivity index (χ4n) is 2.81. The maximum absolute atomic E-state index is 11.1. The van der Waals surface area contributed by atoms with Gasteiger partial charge in [0.25, 0.3) is 0 Å². The van der Waals surface area contributed by atoms with Crippen LogP contribution in [0.15, 0.2) is 30.9 Å². The molecule has 0 spiro atoms. The SMILES string of the molecule is Cn1cnc([N+](=O)[O-])c1N1CCCC1c1cccnc1. The summed E-state index contributed by atoms with van der Waals surface area (Å²) in [6.07, 6.45) is 7.02. The zero-order valence-electron chi connectivity index (χ0n) is 11.1. The van der Waals surface area contributed by atoms with Crippen LogP contribution in [0.5, 0.6) is 0 Å². The van der Waals surface area contributed by atoms with Crippen LogP contribution in [0.4, 0.5) is 11.6 Å². The van der Waals surface area contributed by atoms with E-state index >= 15 is 0 Å². The van der Waals surface area contributed by atoms with E-state index in [0.29, 0.717) is 5.82 Å². The quantitative estimate of drug-likeness (QED) is 0.632. The molecule has 3 rings (SSSR count). The van der Waals surface area contributed by atoms with E-state index in [-0.39, 0.29) is 11.9 Å². The van der Waals surface area contributed by atoms with Gasteiger partial charge in [-0.3, -0.25) is 9.55 Å². The maximum Gasteiger partial charge on any atom is 0.406 e. The normalized spacial score (nSPS) is 18.4. The number of aromatic nitrogens is 3. The van der Waals surface area contributed by atoms with Crippen LogP contribution in [-0.4, -0.2) is 26.0 Å². The summed E-state index contributed by atoms with van der Waals surface area (Å²) in [6.45, 7) is 0.792. The van der Waals surface area contributed by atoms with Crippen molar-refractivity contribution in [3.05, 3.63) is 46.5 Å². The average molecular weight is 273 g/mol. The number of imidazole rings is 1. The molecule has 7 nitrogen and oxygen atoms in total. The second-order valence-electron chi connectivity index (χ2n) is 4.90. The van der Waals surface area contributed by atoms with Crippen LogP contribution in [0.1, 0.15) is 24.4 Å². The number of anilines is 1. The van der Waals surface area contributed by atoms with Crippen LogP contribution in [0.25, 0.3) is 0 Å². The molecule has 3 heterocycles. The van der Waals surface area contributed by atoms with E-state index in [0.717, 1.165) is 24.9 Å². The van der Waals surface area contributed by atoms with Gasteiger partial charge in [-0.05, 0) is 34.4 Å². The molecule has 7 heteroatoms. The van der Waals surface area contributed by atoms with Crippen molar-refractivity contribution in [3.63, 3.8) is 0 Å². The Balaban J connectivity index is 2.01. The summed E-state index contributed by atoms with van der Waals surface area (Å²) in [7, 11) is 1.79. The maximum atomic E-state index is 11.1. The Morgan fingerprint density at radius 3 is 3.05 bits per heavy atom. The zero-order valence-corrected chi connectivity index (χ0v) is 11.1. The molecule has 0 aromatic carbocycles. The van der Waals surface area contributed by atoms with Gasteiger partial charge in [0.2, 0.25) is 12.1 Å². The summed E-state index contributed by atoms with van der Waals surface area (Å²) in [5.41, 5.74) is 1.08. The molecule has 0 saturated carbocycles. The van der Waals surface area contributed by atoms with E-state index < -0.39 is 4.92 Å². The second kappa shape index (κ2) is 4.92. The highest BCUT2D eigenvalue weighted by Gasteiger charge is 2.34. The van der Waals surface area contributed by atoms with Gasteiger partial charge < -0.3 is 15.0 Å². The molecular formula is C13H15N5O2. The highest BCUT2D eigenvalue weighted by atomic mass is 16.6. The minimum absolute atomic E-state index is 0.0803. The van der Waals surface area contributed by atoms with Crippen LogP contribution in [0.2, 0.25) is 0 Å². The van der Waals surface area contributed by atoms with Crippen molar-refractivity contribution in [1.29, 1.82) is 0 Å². The number of nitrogens with zero attached hydrogens (tertiary/aromatic N) is 5. The van der Waals surface area contributed by atoms with E-state index in [9.17, 15) is 10.1 Å². The van der Waals surface area contributed by atoms with Gasteiger partial charge >= 0.3 is 5.82 Å². The molecule has 104 valence electrons. The van der Waals surface area contributed by atoms with Crippen LogP contribution < -0.4 is 4.90 Å². The predicted molar refractivity (Wildman–Crippen MR) is 73.4 cm³/mol. The lowest BCUT2D eigenvalue weighted by atomic mass is 10.1. The van der Waals surface area contributed by atoms with Gasteiger partial charge in [0.05, 0.1) is 6.04 Å². The lowest BCUT2D eigenvalue weighted by Gasteiger charge is -2.25. The third kappa shape index (κ3) is 2.01. The topological polar surface area (TPSA) is 77.1 Å². The minimum Gasteiger partial charge on any atom is -0.358 e. The molecule has 1 saturated heterocycles. The number of pyridine rings is 1. The van der Waals surface area contributed by atoms with Gasteiger partial charge in [-0.1, -0.05) is 6.07 Å². The van der Waals surface area contributed by atoms with Crippen LogP contribution >= 0.6 is 0 Å². The monoisotopic (exact) mass is 273 g/mol. The molecule has 2 aromatic heterocycles. The summed E-state index contributed by atoms with van der Waals surface area (Å²) in [5.74, 6) is 0.490. The van der Waals surface area contributed by atoms with E-state index in [1.165, 1.54) is 6.33 Å². The molecule has 1 aliphatic rings. The molecule has 1 aliphatic heterocycles. The van der Waals surface area contributed by atoms with Crippen molar-refractivity contribution in [2.75, 3.05) is 11.4 Å². The largest absolute Gasteiger partial charge is 0.406 e. The summed E-state index contributed by atoms with van der Waals surface area (Å²) >= 11 is 0. The Bertz CT molecular complexity index is 625. The second-order valence-corrected chi connectivity index (χ2v) is 4.90. The van der Waals surface area contributed by atoms with E-state index in [2.05, 4.69) is 14.9 Å². The first-order valence-electron chi connectivity index (χ1n) is 6.50. The molecule has 0 bridgehead atoms. The van der Waals surface area contributed by atoms with Gasteiger partial charge in [-0.15, -0.1) is 0 Å². The minimum atomic E-state index is -0.423. The van der Waals surface area contributed by atoms with Crippen molar-refractivity contribution < 1.29 is 4.92 Å². The molecule has 2 aromatic rings. The summed E-state index contributed by atoms with van der Waals surface area (Å²) in [4.78, 5) is 20.8. The summed E-state index contributed by atoms with van der Waals surface area (Å²) in [5, 5.41) is 11.1. The first-order valence-corrected chi connectivity index (χ1v) is 6.50. The number of nitro groups is 1. The van der Waals surface area contributed by atoms with Gasteiger partial charge in [-0.25, -0.2) is 0 Å². The summed E-state index contributed by atoms with van der Waals surface area (Å²) < 4.78 is 1.72. The highest BCUT2D eigenvalue weighted by Crippen LogP contribution is 2.39. The highest BCUT2D eigenvalue weighted by molar-refractivity contribution is 5.57. The molecule has 0 radical (unpaired) electrons. The van der Waals surface area contributed by atoms with Crippen molar-refractivity contribution in [2.45, 2.75) is 18.9 Å². The van der Waals surface area contributed by atoms with Crippen LogP contribution in [0, 0.1) is 10.1 Å². The summed E-state index contributed by atoms with van der Waals surface area (Å²) in [6, 6.07) is 4.03. The zero-order chi connectivity index (χ0) is 14.1. The first-order chi connectivity index (χ1) is 9.68. The third-order valence-corrected chi connectivity index (χ3v) is 3.65. The Morgan fingerprint density at radius 2 is 2.35 bits per heavy atom. The van der Waals surface area contributed by atoms with Crippen LogP contribution in [0.3, 0.4) is 0 Å². The Hall–Kier alpha value is -2.44. The predicted octanol–water partition coefficient (Wildman–Crippen LogP) is 2.06. The smallest absolute Gasteiger partial charge is 0.358 e. The fraction of sp³-hybridized carbons (Fsp3) is 0.385. The molecule has 1 unspecified atom stereocenters. The Kier molecular flexibility index (Phi) is 3.09. The first kappa shape index (κ1) is 12.6. The number of hydrogen-bond acceptors (Lipinski definition) is 5. The molecule has 0 N–H and O–H groups in total. The van der Waals surface area contributed by atoms with Crippen molar-refractivity contribution in [1.82, 2.24) is 14.5 Å². The molecule has 0 aliphatic carbocycles. The van der Waals surface area contributed by atoms with Gasteiger partial charge in [0.1, 0.15) is 0 Å². The van der Waals surface area contributed by atoms with Crippen LogP contribution in [-0.2, 0) is 7.05 Å². The van der Waals surface area contributed by atoms with Crippen molar-refractivity contribution >= 4 is 11.6 Å². The number of rotatable bonds is 3. The van der Waals surface area contributed by atoms with Crippen molar-refractivity contribution in [3.8, 4) is 0 Å². The molecular weight excluding hydrogens is 258 g/mol. The van der Waals surface area contributed by atoms with E-state index in [4.69, 9.17) is 0 Å². The third-order valence-electron chi connectivity index (χ3n) is 3.65. The lowest BCUT2D eigenvalue weighted by molar-refractivity contribution is -0.388. The lowest BCUT2D eigenvalue weighted by Crippen LogP contribution is -2.25.